The lowest BCUT2D eigenvalue weighted by atomic mass is 10.2. The number of amides is 1. The van der Waals surface area contributed by atoms with Crippen molar-refractivity contribution in [1.82, 2.24) is 14.9 Å². The fourth-order valence-electron chi connectivity index (χ4n) is 2.51. The van der Waals surface area contributed by atoms with Gasteiger partial charge in [-0.2, -0.15) is 0 Å². The van der Waals surface area contributed by atoms with E-state index < -0.39 is 0 Å². The summed E-state index contributed by atoms with van der Waals surface area (Å²) in [5.41, 5.74) is 2.39. The zero-order valence-electron chi connectivity index (χ0n) is 14.1. The second-order valence-corrected chi connectivity index (χ2v) is 5.58. The third kappa shape index (κ3) is 4.41. The summed E-state index contributed by atoms with van der Waals surface area (Å²) in [6, 6.07) is 21.3. The van der Waals surface area contributed by atoms with Crippen LogP contribution in [0.25, 0.3) is 0 Å². The van der Waals surface area contributed by atoms with Crippen molar-refractivity contribution in [3.63, 3.8) is 0 Å². The molecule has 126 valence electrons. The number of nitrogens with zero attached hydrogens (tertiary/aromatic N) is 3. The lowest BCUT2D eigenvalue weighted by Crippen LogP contribution is -2.31. The molecule has 1 amide bonds. The average Bonchev–Trinajstić information content (AvgIpc) is 2.67. The quantitative estimate of drug-likeness (QED) is 0.744. The normalized spacial score (nSPS) is 10.3. The molecule has 0 saturated carbocycles. The summed E-state index contributed by atoms with van der Waals surface area (Å²) in [5, 5.41) is 3.18. The molecule has 0 spiro atoms. The van der Waals surface area contributed by atoms with Crippen LogP contribution in [0.1, 0.15) is 23.0 Å². The highest BCUT2D eigenvalue weighted by Crippen LogP contribution is 2.15. The standard InChI is InChI=1S/C20H20N4O/c1-2-24(14-16-9-5-3-6-10-16)20(25)18-13-19(22-15-21-18)23-17-11-7-4-8-12-17/h3-13,15H,2,14H2,1H3,(H,21,22,23). The van der Waals surface area contributed by atoms with E-state index in [1.807, 2.05) is 67.6 Å². The van der Waals surface area contributed by atoms with Crippen LogP contribution in [0.3, 0.4) is 0 Å². The molecule has 0 aliphatic rings. The molecule has 1 aromatic heterocycles. The van der Waals surface area contributed by atoms with Crippen LogP contribution in [0.15, 0.2) is 73.1 Å². The largest absolute Gasteiger partial charge is 0.340 e. The van der Waals surface area contributed by atoms with E-state index in [0.717, 1.165) is 11.3 Å². The molecule has 2 aromatic carbocycles. The lowest BCUT2D eigenvalue weighted by Gasteiger charge is -2.20. The molecule has 25 heavy (non-hydrogen) atoms. The molecule has 0 bridgehead atoms. The monoisotopic (exact) mass is 332 g/mol. The molecule has 0 aliphatic heterocycles. The lowest BCUT2D eigenvalue weighted by molar-refractivity contribution is 0.0746. The van der Waals surface area contributed by atoms with Crippen LogP contribution >= 0.6 is 0 Å². The number of hydrogen-bond donors (Lipinski definition) is 1. The molecule has 3 aromatic rings. The molecule has 3 rings (SSSR count). The summed E-state index contributed by atoms with van der Waals surface area (Å²) in [6.07, 6.45) is 1.41. The minimum Gasteiger partial charge on any atom is -0.340 e. The van der Waals surface area contributed by atoms with Gasteiger partial charge in [-0.25, -0.2) is 9.97 Å². The van der Waals surface area contributed by atoms with Gasteiger partial charge < -0.3 is 10.2 Å². The Hall–Kier alpha value is -3.21. The van der Waals surface area contributed by atoms with Crippen LogP contribution in [-0.4, -0.2) is 27.3 Å². The van der Waals surface area contributed by atoms with Gasteiger partial charge in [0.25, 0.3) is 5.91 Å². The first kappa shape index (κ1) is 16.6. The Bertz CT molecular complexity index is 821. The molecule has 0 radical (unpaired) electrons. The highest BCUT2D eigenvalue weighted by molar-refractivity contribution is 5.93. The molecular formula is C20H20N4O. The third-order valence-corrected chi connectivity index (χ3v) is 3.82. The molecule has 5 heteroatoms. The molecule has 0 aliphatic carbocycles. The van der Waals surface area contributed by atoms with E-state index in [4.69, 9.17) is 0 Å². The first-order chi connectivity index (χ1) is 12.3. The van der Waals surface area contributed by atoms with Crippen molar-refractivity contribution >= 4 is 17.4 Å². The summed E-state index contributed by atoms with van der Waals surface area (Å²) >= 11 is 0. The van der Waals surface area contributed by atoms with Crippen LogP contribution in [0, 0.1) is 0 Å². The highest BCUT2D eigenvalue weighted by atomic mass is 16.2. The van der Waals surface area contributed by atoms with E-state index in [-0.39, 0.29) is 5.91 Å². The number of aromatic nitrogens is 2. The van der Waals surface area contributed by atoms with Crippen LogP contribution in [0.2, 0.25) is 0 Å². The van der Waals surface area contributed by atoms with E-state index in [1.165, 1.54) is 6.33 Å². The second-order valence-electron chi connectivity index (χ2n) is 5.58. The van der Waals surface area contributed by atoms with Gasteiger partial charge in [0.15, 0.2) is 0 Å². The number of carbonyl (C=O) groups is 1. The van der Waals surface area contributed by atoms with Crippen molar-refractivity contribution in [1.29, 1.82) is 0 Å². The van der Waals surface area contributed by atoms with Crippen molar-refractivity contribution in [2.75, 3.05) is 11.9 Å². The minimum atomic E-state index is -0.107. The van der Waals surface area contributed by atoms with Crippen LogP contribution in [-0.2, 0) is 6.54 Å². The minimum absolute atomic E-state index is 0.107. The Morgan fingerprint density at radius 3 is 2.36 bits per heavy atom. The third-order valence-electron chi connectivity index (χ3n) is 3.82. The molecule has 0 atom stereocenters. The van der Waals surface area contributed by atoms with E-state index in [9.17, 15) is 4.79 Å². The maximum absolute atomic E-state index is 12.8. The van der Waals surface area contributed by atoms with Crippen LogP contribution in [0.4, 0.5) is 11.5 Å². The number of carbonyl (C=O) groups excluding carboxylic acids is 1. The smallest absolute Gasteiger partial charge is 0.272 e. The van der Waals surface area contributed by atoms with E-state index in [2.05, 4.69) is 15.3 Å². The average molecular weight is 332 g/mol. The van der Waals surface area contributed by atoms with E-state index in [0.29, 0.717) is 24.6 Å². The van der Waals surface area contributed by atoms with Gasteiger partial charge in [0, 0.05) is 24.8 Å². The topological polar surface area (TPSA) is 58.1 Å². The molecule has 1 heterocycles. The number of hydrogen-bond acceptors (Lipinski definition) is 4. The SMILES string of the molecule is CCN(Cc1ccccc1)C(=O)c1cc(Nc2ccccc2)ncn1. The fraction of sp³-hybridized carbons (Fsp3) is 0.150. The second kappa shape index (κ2) is 8.06. The number of benzene rings is 2. The zero-order valence-corrected chi connectivity index (χ0v) is 14.1. The summed E-state index contributed by atoms with van der Waals surface area (Å²) in [4.78, 5) is 22.9. The first-order valence-corrected chi connectivity index (χ1v) is 8.23. The predicted octanol–water partition coefficient (Wildman–Crippen LogP) is 3.88. The van der Waals surface area contributed by atoms with Gasteiger partial charge in [-0.1, -0.05) is 48.5 Å². The van der Waals surface area contributed by atoms with Gasteiger partial charge in [0.1, 0.15) is 17.8 Å². The van der Waals surface area contributed by atoms with E-state index in [1.54, 1.807) is 11.0 Å². The molecule has 0 fully saturated rings. The predicted molar refractivity (Wildman–Crippen MR) is 98.6 cm³/mol. The van der Waals surface area contributed by atoms with Crippen molar-refractivity contribution in [3.05, 3.63) is 84.3 Å². The Labute approximate surface area is 147 Å². The molecular weight excluding hydrogens is 312 g/mol. The summed E-state index contributed by atoms with van der Waals surface area (Å²) in [6.45, 7) is 3.13. The van der Waals surface area contributed by atoms with Crippen LogP contribution < -0.4 is 5.32 Å². The first-order valence-electron chi connectivity index (χ1n) is 8.23. The van der Waals surface area contributed by atoms with E-state index >= 15 is 0 Å². The number of anilines is 2. The summed E-state index contributed by atoms with van der Waals surface area (Å²) < 4.78 is 0. The Balaban J connectivity index is 1.75. The van der Waals surface area contributed by atoms with Gasteiger partial charge in [-0.3, -0.25) is 4.79 Å². The molecule has 5 nitrogen and oxygen atoms in total. The van der Waals surface area contributed by atoms with Crippen molar-refractivity contribution in [2.45, 2.75) is 13.5 Å². The number of rotatable bonds is 6. The zero-order chi connectivity index (χ0) is 17.5. The Morgan fingerprint density at radius 2 is 1.68 bits per heavy atom. The summed E-state index contributed by atoms with van der Waals surface area (Å²) in [7, 11) is 0. The van der Waals surface area contributed by atoms with Gasteiger partial charge >= 0.3 is 0 Å². The highest BCUT2D eigenvalue weighted by Gasteiger charge is 2.16. The van der Waals surface area contributed by atoms with Crippen LogP contribution in [0.5, 0.6) is 0 Å². The number of para-hydroxylation sites is 1. The molecule has 0 saturated heterocycles. The molecule has 0 unspecified atom stereocenters. The fourth-order valence-corrected chi connectivity index (χ4v) is 2.51. The van der Waals surface area contributed by atoms with Crippen molar-refractivity contribution in [3.8, 4) is 0 Å². The Morgan fingerprint density at radius 1 is 1.00 bits per heavy atom. The maximum Gasteiger partial charge on any atom is 0.272 e. The Kier molecular flexibility index (Phi) is 5.36. The van der Waals surface area contributed by atoms with Crippen molar-refractivity contribution in [2.24, 2.45) is 0 Å². The molecule has 1 N–H and O–H groups in total. The van der Waals surface area contributed by atoms with Crippen molar-refractivity contribution < 1.29 is 4.79 Å². The maximum atomic E-state index is 12.8. The van der Waals surface area contributed by atoms with Gasteiger partial charge in [-0.15, -0.1) is 0 Å². The van der Waals surface area contributed by atoms with Gasteiger partial charge in [0.05, 0.1) is 0 Å². The summed E-state index contributed by atoms with van der Waals surface area (Å²) in [5.74, 6) is 0.491. The van der Waals surface area contributed by atoms with Gasteiger partial charge in [-0.05, 0) is 24.6 Å². The van der Waals surface area contributed by atoms with Gasteiger partial charge in [0.2, 0.25) is 0 Å². The number of nitrogens with one attached hydrogen (secondary N) is 1.